The van der Waals surface area contributed by atoms with Gasteiger partial charge >= 0.3 is 0 Å². The molecule has 0 aliphatic carbocycles. The fraction of sp³-hybridized carbons (Fsp3) is 0.0476. The van der Waals surface area contributed by atoms with Gasteiger partial charge in [-0.2, -0.15) is 0 Å². The minimum Gasteiger partial charge on any atom is -0.320 e. The van der Waals surface area contributed by atoms with Crippen LogP contribution in [0.3, 0.4) is 0 Å². The molecular weight excluding hydrogens is 454 g/mol. The second kappa shape index (κ2) is 9.06. The van der Waals surface area contributed by atoms with Crippen LogP contribution in [-0.4, -0.2) is 11.8 Å². The van der Waals surface area contributed by atoms with E-state index in [-0.39, 0.29) is 16.0 Å². The van der Waals surface area contributed by atoms with Gasteiger partial charge < -0.3 is 10.6 Å². The van der Waals surface area contributed by atoms with Crippen LogP contribution in [0.1, 0.15) is 26.3 Å². The Labute approximate surface area is 187 Å². The van der Waals surface area contributed by atoms with Crippen LogP contribution in [0.4, 0.5) is 11.4 Å². The molecule has 0 saturated heterocycles. The molecular formula is C21H14Cl4N2O2. The number of rotatable bonds is 4. The Morgan fingerprint density at radius 3 is 1.59 bits per heavy atom. The van der Waals surface area contributed by atoms with E-state index >= 15 is 0 Å². The van der Waals surface area contributed by atoms with Crippen molar-refractivity contribution in [2.45, 2.75) is 6.92 Å². The summed E-state index contributed by atoms with van der Waals surface area (Å²) in [6.45, 7) is 1.87. The number of hydrogen-bond donors (Lipinski definition) is 2. The smallest absolute Gasteiger partial charge is 0.255 e. The van der Waals surface area contributed by atoms with Crippen molar-refractivity contribution < 1.29 is 9.59 Å². The fourth-order valence-corrected chi connectivity index (χ4v) is 3.13. The van der Waals surface area contributed by atoms with Gasteiger partial charge in [-0.05, 0) is 61.0 Å². The van der Waals surface area contributed by atoms with E-state index in [0.717, 1.165) is 5.56 Å². The van der Waals surface area contributed by atoms with Crippen molar-refractivity contribution in [1.29, 1.82) is 0 Å². The van der Waals surface area contributed by atoms with Crippen LogP contribution in [0.15, 0.2) is 54.6 Å². The topological polar surface area (TPSA) is 58.2 Å². The van der Waals surface area contributed by atoms with E-state index in [4.69, 9.17) is 46.4 Å². The van der Waals surface area contributed by atoms with Crippen LogP contribution in [0, 0.1) is 6.92 Å². The Kier molecular flexibility index (Phi) is 6.70. The quantitative estimate of drug-likeness (QED) is 0.429. The summed E-state index contributed by atoms with van der Waals surface area (Å²) in [5.41, 5.74) is 2.45. The van der Waals surface area contributed by atoms with Gasteiger partial charge in [-0.3, -0.25) is 9.59 Å². The molecule has 4 nitrogen and oxygen atoms in total. The van der Waals surface area contributed by atoms with Gasteiger partial charge in [0.2, 0.25) is 0 Å². The van der Waals surface area contributed by atoms with Gasteiger partial charge in [-0.25, -0.2) is 0 Å². The van der Waals surface area contributed by atoms with Crippen LogP contribution in [0.2, 0.25) is 20.1 Å². The number of anilines is 2. The van der Waals surface area contributed by atoms with Crippen molar-refractivity contribution in [1.82, 2.24) is 0 Å². The highest BCUT2D eigenvalue weighted by atomic mass is 35.5. The first-order valence-electron chi connectivity index (χ1n) is 8.38. The predicted molar refractivity (Wildman–Crippen MR) is 120 cm³/mol. The zero-order valence-electron chi connectivity index (χ0n) is 15.0. The third-order valence-electron chi connectivity index (χ3n) is 4.04. The molecule has 3 aromatic rings. The number of halogens is 4. The van der Waals surface area contributed by atoms with Gasteiger partial charge in [-0.15, -0.1) is 0 Å². The molecule has 2 amide bonds. The third-order valence-corrected chi connectivity index (χ3v) is 5.51. The summed E-state index contributed by atoms with van der Waals surface area (Å²) in [5, 5.41) is 6.82. The van der Waals surface area contributed by atoms with Gasteiger partial charge in [0.15, 0.2) is 0 Å². The lowest BCUT2D eigenvalue weighted by Gasteiger charge is -2.14. The van der Waals surface area contributed by atoms with Crippen molar-refractivity contribution in [3.8, 4) is 0 Å². The summed E-state index contributed by atoms with van der Waals surface area (Å²) in [5.74, 6) is -0.781. The number of carbonyl (C=O) groups is 2. The van der Waals surface area contributed by atoms with Crippen molar-refractivity contribution in [2.24, 2.45) is 0 Å². The average molecular weight is 468 g/mol. The summed E-state index contributed by atoms with van der Waals surface area (Å²) in [7, 11) is 0. The highest BCUT2D eigenvalue weighted by Gasteiger charge is 2.14. The molecule has 29 heavy (non-hydrogen) atoms. The van der Waals surface area contributed by atoms with E-state index in [1.165, 1.54) is 12.1 Å². The highest BCUT2D eigenvalue weighted by Crippen LogP contribution is 2.28. The molecule has 0 saturated carbocycles. The maximum absolute atomic E-state index is 12.6. The monoisotopic (exact) mass is 466 g/mol. The summed E-state index contributed by atoms with van der Waals surface area (Å²) >= 11 is 23.8. The molecule has 0 heterocycles. The van der Waals surface area contributed by atoms with E-state index in [9.17, 15) is 9.59 Å². The first kappa shape index (κ1) is 21.5. The van der Waals surface area contributed by atoms with Crippen LogP contribution >= 0.6 is 46.4 Å². The Morgan fingerprint density at radius 1 is 0.621 bits per heavy atom. The zero-order chi connectivity index (χ0) is 21.1. The summed E-state index contributed by atoms with van der Waals surface area (Å²) < 4.78 is 0. The van der Waals surface area contributed by atoms with Crippen molar-refractivity contribution in [3.05, 3.63) is 91.4 Å². The molecule has 0 unspecified atom stereocenters. The predicted octanol–water partition coefficient (Wildman–Crippen LogP) is 7.11. The van der Waals surface area contributed by atoms with Crippen LogP contribution in [0.25, 0.3) is 0 Å². The van der Waals surface area contributed by atoms with E-state index in [1.807, 2.05) is 13.0 Å². The number of carbonyl (C=O) groups excluding carboxylic acids is 2. The summed E-state index contributed by atoms with van der Waals surface area (Å²) in [4.78, 5) is 25.2. The molecule has 0 spiro atoms. The molecule has 3 aromatic carbocycles. The Bertz CT molecular complexity index is 1120. The second-order valence-corrected chi connectivity index (χ2v) is 7.84. The Balaban J connectivity index is 1.85. The first-order valence-corrected chi connectivity index (χ1v) is 9.89. The standard InChI is InChI=1S/C21H14Cl4N2O2/c1-11-2-7-18(26-20(28)12-3-5-14(22)16(24)9-12)19(8-11)27-21(29)13-4-6-15(23)17(25)10-13/h2-10H,1H3,(H,26,28)(H,27,29). The lowest BCUT2D eigenvalue weighted by atomic mass is 10.1. The van der Waals surface area contributed by atoms with Gasteiger partial charge in [0.1, 0.15) is 0 Å². The van der Waals surface area contributed by atoms with Gasteiger partial charge in [0.25, 0.3) is 11.8 Å². The number of nitrogens with one attached hydrogen (secondary N) is 2. The molecule has 148 valence electrons. The van der Waals surface area contributed by atoms with E-state index in [1.54, 1.807) is 36.4 Å². The normalized spacial score (nSPS) is 10.5. The van der Waals surface area contributed by atoms with Crippen molar-refractivity contribution in [3.63, 3.8) is 0 Å². The maximum atomic E-state index is 12.6. The number of hydrogen-bond acceptors (Lipinski definition) is 2. The zero-order valence-corrected chi connectivity index (χ0v) is 18.0. The largest absolute Gasteiger partial charge is 0.320 e. The van der Waals surface area contributed by atoms with E-state index in [0.29, 0.717) is 32.5 Å². The minimum atomic E-state index is -0.391. The molecule has 0 aliphatic heterocycles. The van der Waals surface area contributed by atoms with Gasteiger partial charge in [0, 0.05) is 11.1 Å². The maximum Gasteiger partial charge on any atom is 0.255 e. The molecule has 0 aromatic heterocycles. The van der Waals surface area contributed by atoms with E-state index in [2.05, 4.69) is 10.6 Å². The third kappa shape index (κ3) is 5.22. The first-order chi connectivity index (χ1) is 13.7. The SMILES string of the molecule is Cc1ccc(NC(=O)c2ccc(Cl)c(Cl)c2)c(NC(=O)c2ccc(Cl)c(Cl)c2)c1. The minimum absolute atomic E-state index is 0.274. The number of aryl methyl sites for hydroxylation is 1. The lowest BCUT2D eigenvalue weighted by molar-refractivity contribution is 0.101. The van der Waals surface area contributed by atoms with Crippen LogP contribution < -0.4 is 10.6 Å². The summed E-state index contributed by atoms with van der Waals surface area (Å²) in [6, 6.07) is 14.4. The molecule has 0 fully saturated rings. The highest BCUT2D eigenvalue weighted by molar-refractivity contribution is 6.42. The molecule has 8 heteroatoms. The number of amides is 2. The summed E-state index contributed by atoms with van der Waals surface area (Å²) in [6.07, 6.45) is 0. The second-order valence-electron chi connectivity index (χ2n) is 6.22. The molecule has 0 bridgehead atoms. The Morgan fingerprint density at radius 2 is 1.10 bits per heavy atom. The van der Waals surface area contributed by atoms with Crippen molar-refractivity contribution >= 4 is 69.6 Å². The molecule has 0 aliphatic rings. The van der Waals surface area contributed by atoms with Crippen LogP contribution in [-0.2, 0) is 0 Å². The fourth-order valence-electron chi connectivity index (χ4n) is 2.53. The molecule has 0 atom stereocenters. The molecule has 3 rings (SSSR count). The lowest BCUT2D eigenvalue weighted by Crippen LogP contribution is -2.17. The average Bonchev–Trinajstić information content (AvgIpc) is 2.68. The van der Waals surface area contributed by atoms with Gasteiger partial charge in [0.05, 0.1) is 31.5 Å². The number of benzene rings is 3. The molecule has 2 N–H and O–H groups in total. The van der Waals surface area contributed by atoms with Gasteiger partial charge in [-0.1, -0.05) is 52.5 Å². The Hall–Kier alpha value is -2.24. The van der Waals surface area contributed by atoms with Crippen molar-refractivity contribution in [2.75, 3.05) is 10.6 Å². The molecule has 0 radical (unpaired) electrons. The van der Waals surface area contributed by atoms with Crippen LogP contribution in [0.5, 0.6) is 0 Å². The van der Waals surface area contributed by atoms with E-state index < -0.39 is 5.91 Å².